The second kappa shape index (κ2) is 12.5. The van der Waals surface area contributed by atoms with Gasteiger partial charge in [-0.05, 0) is 61.0 Å². The zero-order chi connectivity index (χ0) is 32.6. The number of anilines is 1. The Morgan fingerprint density at radius 1 is 1.04 bits per heavy atom. The van der Waals surface area contributed by atoms with E-state index in [4.69, 9.17) is 4.74 Å². The van der Waals surface area contributed by atoms with E-state index in [0.717, 1.165) is 27.0 Å². The molecule has 2 amide bonds. The maximum Gasteiger partial charge on any atom is 0.258 e. The predicted molar refractivity (Wildman–Crippen MR) is 175 cm³/mol. The van der Waals surface area contributed by atoms with E-state index in [0.29, 0.717) is 29.4 Å². The third-order valence-corrected chi connectivity index (χ3v) is 10.3. The number of rotatable bonds is 8. The molecule has 5 heterocycles. The van der Waals surface area contributed by atoms with Gasteiger partial charge in [-0.15, -0.1) is 11.3 Å². The molecule has 0 aliphatic carbocycles. The number of halogens is 2. The van der Waals surface area contributed by atoms with Crippen molar-refractivity contribution in [2.24, 2.45) is 0 Å². The summed E-state index contributed by atoms with van der Waals surface area (Å²) < 4.78 is 35.2. The van der Waals surface area contributed by atoms with Gasteiger partial charge in [-0.3, -0.25) is 24.6 Å². The van der Waals surface area contributed by atoms with Crippen LogP contribution in [-0.2, 0) is 20.0 Å². The van der Waals surface area contributed by atoms with Crippen LogP contribution in [0.1, 0.15) is 24.3 Å². The molecule has 2 N–H and O–H groups in total. The van der Waals surface area contributed by atoms with E-state index in [1.165, 1.54) is 30.6 Å². The molecular formula is C34H33F2N7O3S. The number of alkyl halides is 1. The minimum Gasteiger partial charge on any atom is -0.367 e. The summed E-state index contributed by atoms with van der Waals surface area (Å²) in [4.78, 5) is 40.0. The number of aromatic amines is 1. The van der Waals surface area contributed by atoms with Gasteiger partial charge < -0.3 is 15.0 Å². The van der Waals surface area contributed by atoms with Crippen LogP contribution in [0, 0.1) is 5.82 Å². The van der Waals surface area contributed by atoms with Gasteiger partial charge in [0.15, 0.2) is 11.3 Å². The molecule has 242 valence electrons. The third-order valence-electron chi connectivity index (χ3n) is 9.13. The van der Waals surface area contributed by atoms with E-state index < -0.39 is 11.3 Å². The summed E-state index contributed by atoms with van der Waals surface area (Å²) in [5.74, 6) is -0.750. The molecule has 0 unspecified atom stereocenters. The van der Waals surface area contributed by atoms with Gasteiger partial charge >= 0.3 is 0 Å². The smallest absolute Gasteiger partial charge is 0.258 e. The summed E-state index contributed by atoms with van der Waals surface area (Å²) in [5, 5.41) is 11.5. The van der Waals surface area contributed by atoms with Crippen molar-refractivity contribution in [1.29, 1.82) is 0 Å². The molecule has 0 radical (unpaired) electrons. The minimum atomic E-state index is -1.59. The standard InChI is InChI=1S/C34H33F2N7O3S/c1-46-34(31(45)39-24-9-10-26-25(18-24)30(41-40-26)22-5-7-23(35)8-6-22)13-15-42(21-34)20-29(44)43-16-11-33(36,12-17-43)32-38-19-28(47-32)27-4-2-3-14-37-27/h2-10,14,18-19H,11-13,15-17,20-21H2,1H3,(H,39,45)(H,40,41)/t34-/m0/s1. The van der Waals surface area contributed by atoms with Crippen molar-refractivity contribution < 1.29 is 23.1 Å². The minimum absolute atomic E-state index is 0.105. The number of carbonyl (C=O) groups is 2. The average molecular weight is 658 g/mol. The molecule has 13 heteroatoms. The molecule has 0 spiro atoms. The Kier molecular flexibility index (Phi) is 8.28. The molecule has 0 bridgehead atoms. The van der Waals surface area contributed by atoms with Crippen molar-refractivity contribution in [3.63, 3.8) is 0 Å². The number of thiazole rings is 1. The lowest BCUT2D eigenvalue weighted by Crippen LogP contribution is -2.49. The number of likely N-dealkylation sites (tertiary alicyclic amines) is 2. The van der Waals surface area contributed by atoms with Crippen molar-refractivity contribution in [2.45, 2.75) is 30.5 Å². The van der Waals surface area contributed by atoms with E-state index in [-0.39, 0.29) is 56.7 Å². The van der Waals surface area contributed by atoms with Crippen molar-refractivity contribution in [3.05, 3.63) is 83.9 Å². The molecule has 2 aliphatic heterocycles. The van der Waals surface area contributed by atoms with Gasteiger partial charge in [0.05, 0.1) is 28.3 Å². The van der Waals surface area contributed by atoms with Crippen molar-refractivity contribution in [1.82, 2.24) is 30.0 Å². The lowest BCUT2D eigenvalue weighted by molar-refractivity contribution is -0.139. The van der Waals surface area contributed by atoms with Gasteiger partial charge in [-0.2, -0.15) is 5.10 Å². The van der Waals surface area contributed by atoms with Gasteiger partial charge in [-0.25, -0.2) is 13.8 Å². The first-order chi connectivity index (χ1) is 22.7. The first-order valence-electron chi connectivity index (χ1n) is 15.4. The zero-order valence-electron chi connectivity index (χ0n) is 25.7. The van der Waals surface area contributed by atoms with Crippen LogP contribution < -0.4 is 5.32 Å². The summed E-state index contributed by atoms with van der Waals surface area (Å²) >= 11 is 1.30. The number of pyridine rings is 1. The molecule has 5 aromatic rings. The lowest BCUT2D eigenvalue weighted by atomic mass is 9.94. The number of nitrogens with zero attached hydrogens (tertiary/aromatic N) is 5. The van der Waals surface area contributed by atoms with Crippen LogP contribution in [0.25, 0.3) is 32.7 Å². The van der Waals surface area contributed by atoms with Crippen LogP contribution in [-0.4, -0.2) is 87.2 Å². The van der Waals surface area contributed by atoms with Crippen LogP contribution >= 0.6 is 11.3 Å². The fourth-order valence-corrected chi connectivity index (χ4v) is 7.36. The largest absolute Gasteiger partial charge is 0.367 e. The fourth-order valence-electron chi connectivity index (χ4n) is 6.33. The molecule has 3 aromatic heterocycles. The highest BCUT2D eigenvalue weighted by Crippen LogP contribution is 2.41. The van der Waals surface area contributed by atoms with Crippen LogP contribution in [0.15, 0.2) is 73.1 Å². The molecule has 7 rings (SSSR count). The molecule has 2 aromatic carbocycles. The predicted octanol–water partition coefficient (Wildman–Crippen LogP) is 5.40. The van der Waals surface area contributed by atoms with E-state index in [1.54, 1.807) is 35.5 Å². The second-order valence-electron chi connectivity index (χ2n) is 12.0. The highest BCUT2D eigenvalue weighted by atomic mass is 32.1. The number of amides is 2. The maximum absolute atomic E-state index is 16.0. The summed E-state index contributed by atoms with van der Waals surface area (Å²) in [7, 11) is 1.50. The molecule has 47 heavy (non-hydrogen) atoms. The number of aromatic nitrogens is 4. The van der Waals surface area contributed by atoms with Gasteiger partial charge in [0.2, 0.25) is 5.91 Å². The lowest BCUT2D eigenvalue weighted by Gasteiger charge is -2.36. The normalized spacial score (nSPS) is 19.7. The Labute approximate surface area is 273 Å². The van der Waals surface area contributed by atoms with Crippen molar-refractivity contribution in [3.8, 4) is 21.8 Å². The molecule has 10 nitrogen and oxygen atoms in total. The quantitative estimate of drug-likeness (QED) is 0.230. The van der Waals surface area contributed by atoms with Crippen LogP contribution in [0.5, 0.6) is 0 Å². The number of piperidine rings is 1. The highest BCUT2D eigenvalue weighted by molar-refractivity contribution is 7.15. The molecule has 0 saturated carbocycles. The Morgan fingerprint density at radius 3 is 2.60 bits per heavy atom. The number of ether oxygens (including phenoxy) is 1. The number of benzene rings is 2. The number of H-pyrrole nitrogens is 1. The fraction of sp³-hybridized carbons (Fsp3) is 0.324. The summed E-state index contributed by atoms with van der Waals surface area (Å²) in [6.07, 6.45) is 4.11. The summed E-state index contributed by atoms with van der Waals surface area (Å²) in [6, 6.07) is 17.1. The SMILES string of the molecule is CO[C@@]1(C(=O)Nc2ccc3[nH]nc(-c4ccc(F)cc4)c3c2)CCN(CC(=O)N2CCC(F)(c3ncc(-c4ccccn4)s3)CC2)C1. The molecule has 2 saturated heterocycles. The Balaban J connectivity index is 0.959. The van der Waals surface area contributed by atoms with E-state index in [2.05, 4.69) is 25.5 Å². The zero-order valence-corrected chi connectivity index (χ0v) is 26.5. The van der Waals surface area contributed by atoms with Gasteiger partial charge in [-0.1, -0.05) is 6.07 Å². The highest BCUT2D eigenvalue weighted by Gasteiger charge is 2.46. The van der Waals surface area contributed by atoms with Crippen molar-refractivity contribution in [2.75, 3.05) is 45.2 Å². The van der Waals surface area contributed by atoms with Gasteiger partial charge in [0.1, 0.15) is 10.8 Å². The number of nitrogens with one attached hydrogen (secondary N) is 2. The number of carbonyl (C=O) groups excluding carboxylic acids is 2. The summed E-state index contributed by atoms with van der Waals surface area (Å²) in [5.41, 5.74) is 0.754. The van der Waals surface area contributed by atoms with Gasteiger partial charge in [0.25, 0.3) is 5.91 Å². The second-order valence-corrected chi connectivity index (χ2v) is 13.1. The molecular weight excluding hydrogens is 624 g/mol. The average Bonchev–Trinajstić information content (AvgIpc) is 3.86. The van der Waals surface area contributed by atoms with E-state index in [9.17, 15) is 14.0 Å². The van der Waals surface area contributed by atoms with E-state index >= 15 is 4.39 Å². The van der Waals surface area contributed by atoms with Crippen LogP contribution in [0.2, 0.25) is 0 Å². The number of hydrogen-bond donors (Lipinski definition) is 2. The molecule has 1 atom stereocenters. The van der Waals surface area contributed by atoms with Crippen molar-refractivity contribution >= 4 is 39.7 Å². The van der Waals surface area contributed by atoms with Gasteiger partial charge in [0, 0.05) is 75.2 Å². The summed E-state index contributed by atoms with van der Waals surface area (Å²) in [6.45, 7) is 1.42. The van der Waals surface area contributed by atoms with E-state index in [1.807, 2.05) is 35.2 Å². The Morgan fingerprint density at radius 2 is 1.85 bits per heavy atom. The topological polar surface area (TPSA) is 116 Å². The third kappa shape index (κ3) is 6.13. The maximum atomic E-state index is 16.0. The monoisotopic (exact) mass is 657 g/mol. The molecule has 2 fully saturated rings. The van der Waals surface area contributed by atoms with Crippen LogP contribution in [0.4, 0.5) is 14.5 Å². The molecule has 2 aliphatic rings. The van der Waals surface area contributed by atoms with Crippen LogP contribution in [0.3, 0.4) is 0 Å². The first-order valence-corrected chi connectivity index (χ1v) is 16.2. The Bertz CT molecular complexity index is 1910. The first kappa shape index (κ1) is 31.0. The number of methoxy groups -OCH3 is 1. The number of fused-ring (bicyclic) bond motifs is 1. The Hall–Kier alpha value is -4.59. The number of hydrogen-bond acceptors (Lipinski definition) is 8.